The lowest BCUT2D eigenvalue weighted by Gasteiger charge is -2.07. The van der Waals surface area contributed by atoms with Crippen LogP contribution in [0.1, 0.15) is 20.8 Å². The second kappa shape index (κ2) is 4.39. The fourth-order valence-electron chi connectivity index (χ4n) is 0.666. The number of allylic oxidation sites excluding steroid dienone is 1. The molecule has 0 aromatic carbocycles. The SMILES string of the molecule is CC.CC1=CCN(C)N1. The average molecular weight is 128 g/mol. The first-order valence-corrected chi connectivity index (χ1v) is 3.43. The summed E-state index contributed by atoms with van der Waals surface area (Å²) in [4.78, 5) is 0. The molecule has 0 radical (unpaired) electrons. The molecule has 0 aromatic heterocycles. The van der Waals surface area contributed by atoms with Gasteiger partial charge in [0.25, 0.3) is 0 Å². The van der Waals surface area contributed by atoms with Crippen LogP contribution in [0, 0.1) is 0 Å². The fraction of sp³-hybridized carbons (Fsp3) is 0.714. The topological polar surface area (TPSA) is 15.3 Å². The van der Waals surface area contributed by atoms with Crippen molar-refractivity contribution in [2.75, 3.05) is 13.6 Å². The zero-order valence-electron chi connectivity index (χ0n) is 6.73. The second-order valence-electron chi connectivity index (χ2n) is 1.88. The third-order valence-electron chi connectivity index (χ3n) is 1.04. The number of rotatable bonds is 0. The third kappa shape index (κ3) is 3.14. The van der Waals surface area contributed by atoms with Gasteiger partial charge in [0.1, 0.15) is 0 Å². The Labute approximate surface area is 57.5 Å². The van der Waals surface area contributed by atoms with E-state index in [1.165, 1.54) is 5.70 Å². The van der Waals surface area contributed by atoms with E-state index in [1.807, 2.05) is 25.9 Å². The van der Waals surface area contributed by atoms with Crippen LogP contribution < -0.4 is 5.43 Å². The van der Waals surface area contributed by atoms with Crippen molar-refractivity contribution in [3.63, 3.8) is 0 Å². The molecule has 1 rings (SSSR count). The number of hydrogen-bond acceptors (Lipinski definition) is 2. The van der Waals surface area contributed by atoms with Gasteiger partial charge >= 0.3 is 0 Å². The quantitative estimate of drug-likeness (QED) is 0.530. The Balaban J connectivity index is 0.000000291. The number of nitrogens with one attached hydrogen (secondary N) is 1. The molecule has 0 spiro atoms. The predicted molar refractivity (Wildman–Crippen MR) is 40.9 cm³/mol. The van der Waals surface area contributed by atoms with E-state index in [4.69, 9.17) is 0 Å². The molecular formula is C7H16N2. The van der Waals surface area contributed by atoms with Crippen LogP contribution in [0.25, 0.3) is 0 Å². The maximum absolute atomic E-state index is 3.11. The number of hydrazine groups is 1. The summed E-state index contributed by atoms with van der Waals surface area (Å²) in [5.41, 5.74) is 4.36. The molecule has 0 atom stereocenters. The van der Waals surface area contributed by atoms with Crippen molar-refractivity contribution >= 4 is 0 Å². The van der Waals surface area contributed by atoms with Crippen molar-refractivity contribution in [1.29, 1.82) is 0 Å². The number of hydrogen-bond donors (Lipinski definition) is 1. The molecule has 54 valence electrons. The molecule has 0 bridgehead atoms. The van der Waals surface area contributed by atoms with Gasteiger partial charge in [0.15, 0.2) is 0 Å². The van der Waals surface area contributed by atoms with Gasteiger partial charge in [-0.25, -0.2) is 5.01 Å². The lowest BCUT2D eigenvalue weighted by molar-refractivity contribution is 0.322. The highest BCUT2D eigenvalue weighted by Gasteiger charge is 2.00. The normalized spacial score (nSPS) is 17.6. The monoisotopic (exact) mass is 128 g/mol. The van der Waals surface area contributed by atoms with Gasteiger partial charge in [0.05, 0.1) is 0 Å². The Morgan fingerprint density at radius 3 is 2.22 bits per heavy atom. The Hall–Kier alpha value is -0.500. The van der Waals surface area contributed by atoms with E-state index in [2.05, 4.69) is 18.4 Å². The molecule has 1 aliphatic heterocycles. The lowest BCUT2D eigenvalue weighted by Crippen LogP contribution is -2.26. The third-order valence-corrected chi connectivity index (χ3v) is 1.04. The number of likely N-dealkylation sites (N-methyl/N-ethyl adjacent to an activating group) is 1. The van der Waals surface area contributed by atoms with Gasteiger partial charge < -0.3 is 5.43 Å². The predicted octanol–water partition coefficient (Wildman–Crippen LogP) is 1.37. The molecule has 0 amide bonds. The van der Waals surface area contributed by atoms with E-state index >= 15 is 0 Å². The maximum Gasteiger partial charge on any atom is 0.0376 e. The Bertz CT molecular complexity index is 97.1. The van der Waals surface area contributed by atoms with E-state index in [0.717, 1.165) is 6.54 Å². The van der Waals surface area contributed by atoms with Crippen LogP contribution in [-0.2, 0) is 0 Å². The van der Waals surface area contributed by atoms with E-state index in [-0.39, 0.29) is 0 Å². The highest BCUT2D eigenvalue weighted by Crippen LogP contribution is 1.95. The van der Waals surface area contributed by atoms with Crippen LogP contribution in [0.2, 0.25) is 0 Å². The first-order valence-electron chi connectivity index (χ1n) is 3.43. The van der Waals surface area contributed by atoms with E-state index in [0.29, 0.717) is 0 Å². The summed E-state index contributed by atoms with van der Waals surface area (Å²) in [6.07, 6.45) is 2.15. The molecular weight excluding hydrogens is 112 g/mol. The van der Waals surface area contributed by atoms with Crippen molar-refractivity contribution in [2.24, 2.45) is 0 Å². The zero-order chi connectivity index (χ0) is 7.28. The average Bonchev–Trinajstić information content (AvgIpc) is 2.20. The second-order valence-corrected chi connectivity index (χ2v) is 1.88. The van der Waals surface area contributed by atoms with Crippen molar-refractivity contribution in [2.45, 2.75) is 20.8 Å². The summed E-state index contributed by atoms with van der Waals surface area (Å²) in [7, 11) is 2.02. The summed E-state index contributed by atoms with van der Waals surface area (Å²) < 4.78 is 0. The minimum Gasteiger partial charge on any atom is -0.324 e. The van der Waals surface area contributed by atoms with Crippen LogP contribution in [0.4, 0.5) is 0 Å². The van der Waals surface area contributed by atoms with Crippen LogP contribution in [-0.4, -0.2) is 18.6 Å². The van der Waals surface area contributed by atoms with Crippen molar-refractivity contribution < 1.29 is 0 Å². The summed E-state index contributed by atoms with van der Waals surface area (Å²) in [5, 5.41) is 2.04. The molecule has 2 nitrogen and oxygen atoms in total. The van der Waals surface area contributed by atoms with Gasteiger partial charge in [-0.2, -0.15) is 0 Å². The maximum atomic E-state index is 3.11. The van der Waals surface area contributed by atoms with E-state index in [9.17, 15) is 0 Å². The minimum absolute atomic E-state index is 1.03. The smallest absolute Gasteiger partial charge is 0.0376 e. The summed E-state index contributed by atoms with van der Waals surface area (Å²) in [5.74, 6) is 0. The molecule has 0 unspecified atom stereocenters. The van der Waals surface area contributed by atoms with Gasteiger partial charge in [-0.1, -0.05) is 13.8 Å². The molecule has 0 aromatic rings. The first-order chi connectivity index (χ1) is 4.29. The molecule has 0 fully saturated rings. The lowest BCUT2D eigenvalue weighted by atomic mass is 10.5. The molecule has 0 saturated carbocycles. The van der Waals surface area contributed by atoms with Crippen molar-refractivity contribution in [1.82, 2.24) is 10.4 Å². The molecule has 1 heterocycles. The molecule has 1 aliphatic rings. The number of nitrogens with zero attached hydrogens (tertiary/aromatic N) is 1. The summed E-state index contributed by atoms with van der Waals surface area (Å²) in [6.45, 7) is 7.09. The van der Waals surface area contributed by atoms with Crippen LogP contribution in [0.5, 0.6) is 0 Å². The van der Waals surface area contributed by atoms with Crippen LogP contribution in [0.15, 0.2) is 11.8 Å². The van der Waals surface area contributed by atoms with Gasteiger partial charge in [-0.05, 0) is 13.0 Å². The Kier molecular flexibility index (Phi) is 4.14. The highest BCUT2D eigenvalue weighted by atomic mass is 15.5. The zero-order valence-corrected chi connectivity index (χ0v) is 6.73. The van der Waals surface area contributed by atoms with Crippen LogP contribution >= 0.6 is 0 Å². The Morgan fingerprint density at radius 1 is 1.56 bits per heavy atom. The van der Waals surface area contributed by atoms with Gasteiger partial charge in [-0.15, -0.1) is 0 Å². The van der Waals surface area contributed by atoms with Crippen molar-refractivity contribution in [3.05, 3.63) is 11.8 Å². The van der Waals surface area contributed by atoms with E-state index in [1.54, 1.807) is 0 Å². The summed E-state index contributed by atoms with van der Waals surface area (Å²) >= 11 is 0. The first kappa shape index (κ1) is 8.50. The van der Waals surface area contributed by atoms with Gasteiger partial charge in [0.2, 0.25) is 0 Å². The largest absolute Gasteiger partial charge is 0.324 e. The van der Waals surface area contributed by atoms with Crippen LogP contribution in [0.3, 0.4) is 0 Å². The Morgan fingerprint density at radius 2 is 2.11 bits per heavy atom. The molecule has 1 N–H and O–H groups in total. The molecule has 2 heteroatoms. The minimum atomic E-state index is 1.03. The van der Waals surface area contributed by atoms with Gasteiger partial charge in [0, 0.05) is 19.3 Å². The molecule has 0 saturated heterocycles. The highest BCUT2D eigenvalue weighted by molar-refractivity contribution is 5.00. The summed E-state index contributed by atoms with van der Waals surface area (Å²) in [6, 6.07) is 0. The van der Waals surface area contributed by atoms with Gasteiger partial charge in [-0.3, -0.25) is 0 Å². The standard InChI is InChI=1S/C5H10N2.C2H6/c1-5-3-4-7(2)6-5;1-2/h3,6H,4H2,1-2H3;1-2H3. The van der Waals surface area contributed by atoms with E-state index < -0.39 is 0 Å². The molecule has 9 heavy (non-hydrogen) atoms. The fourth-order valence-corrected chi connectivity index (χ4v) is 0.666. The van der Waals surface area contributed by atoms with Crippen molar-refractivity contribution in [3.8, 4) is 0 Å². The molecule has 0 aliphatic carbocycles.